The fraction of sp³-hybridized carbons (Fsp3) is 0.333. The lowest BCUT2D eigenvalue weighted by Gasteiger charge is -2.23. The van der Waals surface area contributed by atoms with Gasteiger partial charge in [0, 0.05) is 18.0 Å². The van der Waals surface area contributed by atoms with Gasteiger partial charge in [-0.25, -0.2) is 0 Å². The standard InChI is InChI=1S/C12H13ClN2O3/c1-7-12(17)15-9-6-8(2-3-10(9)18-7)14-11(16)4-5-13/h2-3,6-7H,4-5H2,1H3,(H,14,16)(H,15,17). The summed E-state index contributed by atoms with van der Waals surface area (Å²) in [5.41, 5.74) is 1.16. The number of hydrogen-bond donors (Lipinski definition) is 2. The van der Waals surface area contributed by atoms with Crippen molar-refractivity contribution < 1.29 is 14.3 Å². The van der Waals surface area contributed by atoms with Gasteiger partial charge in [-0.3, -0.25) is 9.59 Å². The predicted octanol–water partition coefficient (Wildman–Crippen LogP) is 1.97. The maximum Gasteiger partial charge on any atom is 0.265 e. The van der Waals surface area contributed by atoms with Gasteiger partial charge in [-0.05, 0) is 25.1 Å². The first-order valence-electron chi connectivity index (χ1n) is 5.57. The Balaban J connectivity index is 2.15. The highest BCUT2D eigenvalue weighted by molar-refractivity contribution is 6.19. The average Bonchev–Trinajstić information content (AvgIpc) is 2.31. The molecule has 0 saturated heterocycles. The van der Waals surface area contributed by atoms with Gasteiger partial charge in [-0.1, -0.05) is 0 Å². The molecule has 1 heterocycles. The Kier molecular flexibility index (Phi) is 3.72. The van der Waals surface area contributed by atoms with Crippen molar-refractivity contribution in [1.82, 2.24) is 0 Å². The highest BCUT2D eigenvalue weighted by Gasteiger charge is 2.23. The minimum atomic E-state index is -0.505. The van der Waals surface area contributed by atoms with Gasteiger partial charge in [-0.2, -0.15) is 0 Å². The van der Waals surface area contributed by atoms with Crippen molar-refractivity contribution >= 4 is 34.8 Å². The zero-order chi connectivity index (χ0) is 13.1. The zero-order valence-corrected chi connectivity index (χ0v) is 10.6. The number of anilines is 2. The number of rotatable bonds is 3. The quantitative estimate of drug-likeness (QED) is 0.824. The molecule has 0 fully saturated rings. The molecule has 0 radical (unpaired) electrons. The predicted molar refractivity (Wildman–Crippen MR) is 69.1 cm³/mol. The topological polar surface area (TPSA) is 67.4 Å². The fourth-order valence-electron chi connectivity index (χ4n) is 1.60. The van der Waals surface area contributed by atoms with Crippen LogP contribution < -0.4 is 15.4 Å². The summed E-state index contributed by atoms with van der Waals surface area (Å²) < 4.78 is 5.41. The van der Waals surface area contributed by atoms with E-state index >= 15 is 0 Å². The van der Waals surface area contributed by atoms with Gasteiger partial charge in [0.1, 0.15) is 5.75 Å². The van der Waals surface area contributed by atoms with Crippen LogP contribution in [0.25, 0.3) is 0 Å². The normalized spacial score (nSPS) is 17.4. The molecule has 5 nitrogen and oxygen atoms in total. The SMILES string of the molecule is CC1Oc2ccc(NC(=O)CCCl)cc2NC1=O. The van der Waals surface area contributed by atoms with E-state index in [9.17, 15) is 9.59 Å². The van der Waals surface area contributed by atoms with Crippen molar-refractivity contribution in [3.63, 3.8) is 0 Å². The number of amides is 2. The van der Waals surface area contributed by atoms with E-state index < -0.39 is 6.10 Å². The van der Waals surface area contributed by atoms with Crippen molar-refractivity contribution in [3.8, 4) is 5.75 Å². The Morgan fingerprint density at radius 1 is 1.56 bits per heavy atom. The molecule has 2 N–H and O–H groups in total. The summed E-state index contributed by atoms with van der Waals surface area (Å²) in [7, 11) is 0. The lowest BCUT2D eigenvalue weighted by molar-refractivity contribution is -0.122. The maximum absolute atomic E-state index is 11.5. The Labute approximate surface area is 109 Å². The van der Waals surface area contributed by atoms with Crippen LogP contribution in [0.3, 0.4) is 0 Å². The van der Waals surface area contributed by atoms with Crippen molar-refractivity contribution in [2.45, 2.75) is 19.4 Å². The van der Waals surface area contributed by atoms with Crippen LogP contribution in [0.15, 0.2) is 18.2 Å². The van der Waals surface area contributed by atoms with E-state index in [1.165, 1.54) is 0 Å². The van der Waals surface area contributed by atoms with Crippen molar-refractivity contribution in [3.05, 3.63) is 18.2 Å². The minimum absolute atomic E-state index is 0.165. The monoisotopic (exact) mass is 268 g/mol. The summed E-state index contributed by atoms with van der Waals surface area (Å²) >= 11 is 5.48. The zero-order valence-electron chi connectivity index (χ0n) is 9.83. The van der Waals surface area contributed by atoms with Crippen LogP contribution in [0.5, 0.6) is 5.75 Å². The number of carbonyl (C=O) groups excluding carboxylic acids is 2. The summed E-state index contributed by atoms with van der Waals surface area (Å²) in [6.07, 6.45) is -0.257. The first-order valence-corrected chi connectivity index (χ1v) is 6.11. The summed E-state index contributed by atoms with van der Waals surface area (Å²) in [5, 5.41) is 5.40. The maximum atomic E-state index is 11.5. The smallest absolute Gasteiger partial charge is 0.265 e. The fourth-order valence-corrected chi connectivity index (χ4v) is 1.77. The Morgan fingerprint density at radius 2 is 2.33 bits per heavy atom. The molecule has 1 aromatic carbocycles. The van der Waals surface area contributed by atoms with Gasteiger partial charge in [0.2, 0.25) is 5.91 Å². The first kappa shape index (κ1) is 12.7. The third kappa shape index (κ3) is 2.73. The molecule has 0 saturated carbocycles. The highest BCUT2D eigenvalue weighted by atomic mass is 35.5. The number of nitrogens with one attached hydrogen (secondary N) is 2. The van der Waals surface area contributed by atoms with Gasteiger partial charge >= 0.3 is 0 Å². The number of fused-ring (bicyclic) bond motifs is 1. The first-order chi connectivity index (χ1) is 8.60. The van der Waals surface area contributed by atoms with Gasteiger partial charge in [0.05, 0.1) is 5.69 Å². The molecule has 1 aliphatic heterocycles. The summed E-state index contributed by atoms with van der Waals surface area (Å²) in [6.45, 7) is 1.68. The van der Waals surface area contributed by atoms with Crippen molar-refractivity contribution in [1.29, 1.82) is 0 Å². The van der Waals surface area contributed by atoms with Crippen LogP contribution in [0.2, 0.25) is 0 Å². The van der Waals surface area contributed by atoms with E-state index in [-0.39, 0.29) is 24.1 Å². The lowest BCUT2D eigenvalue weighted by atomic mass is 10.2. The average molecular weight is 269 g/mol. The molecule has 0 bridgehead atoms. The lowest BCUT2D eigenvalue weighted by Crippen LogP contribution is -2.34. The molecule has 1 atom stereocenters. The summed E-state index contributed by atoms with van der Waals surface area (Å²) in [4.78, 5) is 22.8. The molecule has 1 aromatic rings. The molecule has 2 rings (SSSR count). The van der Waals surface area contributed by atoms with E-state index in [0.29, 0.717) is 17.1 Å². The van der Waals surface area contributed by atoms with Crippen LogP contribution >= 0.6 is 11.6 Å². The molecule has 96 valence electrons. The van der Waals surface area contributed by atoms with E-state index in [0.717, 1.165) is 0 Å². The van der Waals surface area contributed by atoms with E-state index in [2.05, 4.69) is 10.6 Å². The minimum Gasteiger partial charge on any atom is -0.479 e. The molecule has 1 aliphatic rings. The molecule has 0 aromatic heterocycles. The third-order valence-electron chi connectivity index (χ3n) is 2.52. The molecule has 1 unspecified atom stereocenters. The van der Waals surface area contributed by atoms with Gasteiger partial charge in [0.15, 0.2) is 6.10 Å². The molecule has 2 amide bonds. The summed E-state index contributed by atoms with van der Waals surface area (Å²) in [6, 6.07) is 5.09. The largest absolute Gasteiger partial charge is 0.479 e. The Hall–Kier alpha value is -1.75. The third-order valence-corrected chi connectivity index (χ3v) is 2.70. The van der Waals surface area contributed by atoms with Crippen LogP contribution in [-0.4, -0.2) is 23.8 Å². The Bertz CT molecular complexity index is 490. The molecule has 6 heteroatoms. The van der Waals surface area contributed by atoms with E-state index in [1.54, 1.807) is 25.1 Å². The second-order valence-electron chi connectivity index (χ2n) is 3.95. The number of benzene rings is 1. The van der Waals surface area contributed by atoms with Gasteiger partial charge in [-0.15, -0.1) is 11.6 Å². The summed E-state index contributed by atoms with van der Waals surface area (Å²) in [5.74, 6) is 0.499. The van der Waals surface area contributed by atoms with Crippen molar-refractivity contribution in [2.24, 2.45) is 0 Å². The second kappa shape index (κ2) is 5.27. The van der Waals surface area contributed by atoms with E-state index in [1.807, 2.05) is 0 Å². The second-order valence-corrected chi connectivity index (χ2v) is 4.33. The molecular formula is C12H13ClN2O3. The van der Waals surface area contributed by atoms with Crippen molar-refractivity contribution in [2.75, 3.05) is 16.5 Å². The number of carbonyl (C=O) groups is 2. The van der Waals surface area contributed by atoms with Gasteiger partial charge < -0.3 is 15.4 Å². The van der Waals surface area contributed by atoms with Gasteiger partial charge in [0.25, 0.3) is 5.91 Å². The van der Waals surface area contributed by atoms with Crippen LogP contribution in [0.4, 0.5) is 11.4 Å². The Morgan fingerprint density at radius 3 is 3.06 bits per heavy atom. The van der Waals surface area contributed by atoms with Crippen LogP contribution in [-0.2, 0) is 9.59 Å². The molecular weight excluding hydrogens is 256 g/mol. The highest BCUT2D eigenvalue weighted by Crippen LogP contribution is 2.32. The number of hydrogen-bond acceptors (Lipinski definition) is 3. The number of halogens is 1. The molecule has 0 aliphatic carbocycles. The van der Waals surface area contributed by atoms with Crippen LogP contribution in [0, 0.1) is 0 Å². The molecule has 18 heavy (non-hydrogen) atoms. The molecule has 0 spiro atoms. The van der Waals surface area contributed by atoms with Crippen LogP contribution in [0.1, 0.15) is 13.3 Å². The van der Waals surface area contributed by atoms with E-state index in [4.69, 9.17) is 16.3 Å². The number of ether oxygens (including phenoxy) is 1. The number of alkyl halides is 1.